The van der Waals surface area contributed by atoms with Gasteiger partial charge >= 0.3 is 0 Å². The number of amides is 2. The van der Waals surface area contributed by atoms with Gasteiger partial charge < -0.3 is 11.1 Å². The molecule has 0 fully saturated rings. The van der Waals surface area contributed by atoms with Crippen molar-refractivity contribution in [1.82, 2.24) is 10.3 Å². The van der Waals surface area contributed by atoms with E-state index in [2.05, 4.69) is 10.3 Å². The van der Waals surface area contributed by atoms with Crippen molar-refractivity contribution in [2.75, 3.05) is 0 Å². The van der Waals surface area contributed by atoms with Gasteiger partial charge in [0.05, 0.1) is 6.42 Å². The molecule has 3 aromatic rings. The maximum atomic E-state index is 12.4. The van der Waals surface area contributed by atoms with E-state index in [4.69, 9.17) is 17.3 Å². The van der Waals surface area contributed by atoms with Gasteiger partial charge in [-0.15, -0.1) is 0 Å². The molecule has 0 radical (unpaired) electrons. The fourth-order valence-corrected chi connectivity index (χ4v) is 2.88. The number of benzene rings is 2. The molecule has 0 spiro atoms. The third kappa shape index (κ3) is 4.58. The second-order valence-electron chi connectivity index (χ2n) is 6.07. The summed E-state index contributed by atoms with van der Waals surface area (Å²) in [5, 5.41) is 5.25. The van der Waals surface area contributed by atoms with Gasteiger partial charge in [-0.2, -0.15) is 0 Å². The van der Waals surface area contributed by atoms with Gasteiger partial charge in [-0.25, -0.2) is 4.98 Å². The molecule has 0 saturated heterocycles. The van der Waals surface area contributed by atoms with E-state index in [9.17, 15) is 9.59 Å². The Morgan fingerprint density at radius 2 is 1.77 bits per heavy atom. The highest BCUT2D eigenvalue weighted by atomic mass is 35.5. The van der Waals surface area contributed by atoms with E-state index in [0.29, 0.717) is 5.15 Å². The molecule has 1 atom stereocenters. The van der Waals surface area contributed by atoms with E-state index in [-0.39, 0.29) is 18.7 Å². The Bertz CT molecular complexity index is 941. The highest BCUT2D eigenvalue weighted by Crippen LogP contribution is 2.16. The van der Waals surface area contributed by atoms with Crippen molar-refractivity contribution in [2.24, 2.45) is 5.73 Å². The van der Waals surface area contributed by atoms with Crippen LogP contribution in [0.25, 0.3) is 10.8 Å². The summed E-state index contributed by atoms with van der Waals surface area (Å²) in [4.78, 5) is 28.0. The Balaban J connectivity index is 1.67. The Kier molecular flexibility index (Phi) is 5.49. The van der Waals surface area contributed by atoms with E-state index in [0.717, 1.165) is 21.9 Å². The number of fused-ring (bicyclic) bond motifs is 1. The first-order valence-electron chi connectivity index (χ1n) is 8.18. The molecule has 0 aliphatic rings. The number of rotatable bonds is 6. The number of carbonyl (C=O) groups excluding carboxylic acids is 2. The van der Waals surface area contributed by atoms with Gasteiger partial charge in [0.1, 0.15) is 11.2 Å². The average Bonchev–Trinajstić information content (AvgIpc) is 2.62. The number of halogens is 1. The highest BCUT2D eigenvalue weighted by Gasteiger charge is 2.19. The number of hydrogen-bond acceptors (Lipinski definition) is 3. The van der Waals surface area contributed by atoms with Crippen LogP contribution in [0.15, 0.2) is 60.8 Å². The molecule has 1 heterocycles. The van der Waals surface area contributed by atoms with Gasteiger partial charge in [0.2, 0.25) is 11.8 Å². The van der Waals surface area contributed by atoms with Crippen molar-refractivity contribution in [3.63, 3.8) is 0 Å². The minimum absolute atomic E-state index is 0.174. The smallest absolute Gasteiger partial charge is 0.240 e. The molecule has 2 amide bonds. The van der Waals surface area contributed by atoms with Crippen molar-refractivity contribution in [2.45, 2.75) is 18.9 Å². The maximum absolute atomic E-state index is 12.4. The topological polar surface area (TPSA) is 85.1 Å². The molecule has 132 valence electrons. The zero-order valence-corrected chi connectivity index (χ0v) is 14.7. The molecule has 2 aromatic carbocycles. The predicted molar refractivity (Wildman–Crippen MR) is 102 cm³/mol. The first-order chi connectivity index (χ1) is 12.5. The predicted octanol–water partition coefficient (Wildman–Crippen LogP) is 2.64. The Labute approximate surface area is 156 Å². The number of nitrogens with two attached hydrogens (primary N) is 1. The summed E-state index contributed by atoms with van der Waals surface area (Å²) in [6, 6.07) is 16.4. The number of pyridine rings is 1. The molecule has 6 heteroatoms. The maximum Gasteiger partial charge on any atom is 0.240 e. The number of nitrogens with one attached hydrogen (secondary N) is 1. The lowest BCUT2D eigenvalue weighted by Gasteiger charge is -2.15. The molecule has 0 saturated carbocycles. The van der Waals surface area contributed by atoms with Gasteiger partial charge in [-0.05, 0) is 28.0 Å². The fourth-order valence-electron chi connectivity index (χ4n) is 2.77. The Morgan fingerprint density at radius 3 is 2.46 bits per heavy atom. The molecule has 1 aromatic heterocycles. The Morgan fingerprint density at radius 1 is 1.04 bits per heavy atom. The second-order valence-corrected chi connectivity index (χ2v) is 6.46. The molecule has 0 unspecified atom stereocenters. The van der Waals surface area contributed by atoms with Crippen LogP contribution in [0.2, 0.25) is 5.15 Å². The summed E-state index contributed by atoms with van der Waals surface area (Å²) in [5.41, 5.74) is 7.07. The van der Waals surface area contributed by atoms with E-state index < -0.39 is 11.9 Å². The van der Waals surface area contributed by atoms with Crippen LogP contribution in [-0.4, -0.2) is 22.8 Å². The molecule has 3 rings (SSSR count). The third-order valence-electron chi connectivity index (χ3n) is 4.09. The highest BCUT2D eigenvalue weighted by molar-refractivity contribution is 6.29. The fraction of sp³-hybridized carbons (Fsp3) is 0.150. The van der Waals surface area contributed by atoms with Crippen LogP contribution in [0.4, 0.5) is 0 Å². The normalized spacial score (nSPS) is 11.9. The van der Waals surface area contributed by atoms with Crippen molar-refractivity contribution in [3.05, 3.63) is 77.1 Å². The van der Waals surface area contributed by atoms with Gasteiger partial charge in [-0.3, -0.25) is 9.59 Å². The van der Waals surface area contributed by atoms with E-state index >= 15 is 0 Å². The molecule has 3 N–H and O–H groups in total. The van der Waals surface area contributed by atoms with Gasteiger partial charge in [0.25, 0.3) is 0 Å². The standard InChI is InChI=1S/C20H18ClN3O2/c21-18-8-6-14(12-23-18)10-17(20(22)26)24-19(25)11-13-5-7-15-3-1-2-4-16(15)9-13/h1-9,12,17H,10-11H2,(H2,22,26)(H,24,25)/t17-/m0/s1. The lowest BCUT2D eigenvalue weighted by Crippen LogP contribution is -2.46. The van der Waals surface area contributed by atoms with Crippen LogP contribution >= 0.6 is 11.6 Å². The van der Waals surface area contributed by atoms with E-state index in [1.165, 1.54) is 0 Å². The molecule has 0 aliphatic carbocycles. The molecular weight excluding hydrogens is 350 g/mol. The molecular formula is C20H18ClN3O2. The van der Waals surface area contributed by atoms with Gasteiger partial charge in [-0.1, -0.05) is 60.1 Å². The molecule has 0 bridgehead atoms. The summed E-state index contributed by atoms with van der Waals surface area (Å²) in [6.45, 7) is 0. The zero-order valence-electron chi connectivity index (χ0n) is 14.0. The van der Waals surface area contributed by atoms with Crippen molar-refractivity contribution in [3.8, 4) is 0 Å². The summed E-state index contributed by atoms with van der Waals surface area (Å²) < 4.78 is 0. The SMILES string of the molecule is NC(=O)[C@H](Cc1ccc(Cl)nc1)NC(=O)Cc1ccc2ccccc2c1. The molecule has 5 nitrogen and oxygen atoms in total. The molecule has 26 heavy (non-hydrogen) atoms. The first-order valence-corrected chi connectivity index (χ1v) is 8.56. The summed E-state index contributed by atoms with van der Waals surface area (Å²) in [6.07, 6.45) is 2.00. The minimum atomic E-state index is -0.800. The lowest BCUT2D eigenvalue weighted by atomic mass is 10.0. The summed E-state index contributed by atoms with van der Waals surface area (Å²) in [5.74, 6) is -0.849. The summed E-state index contributed by atoms with van der Waals surface area (Å²) in [7, 11) is 0. The molecule has 0 aliphatic heterocycles. The number of hydrogen-bond donors (Lipinski definition) is 2. The average molecular weight is 368 g/mol. The third-order valence-corrected chi connectivity index (χ3v) is 4.31. The summed E-state index contributed by atoms with van der Waals surface area (Å²) >= 11 is 5.75. The zero-order chi connectivity index (χ0) is 18.5. The monoisotopic (exact) mass is 367 g/mol. The van der Waals surface area contributed by atoms with Crippen LogP contribution in [0.5, 0.6) is 0 Å². The van der Waals surface area contributed by atoms with Crippen LogP contribution in [0.1, 0.15) is 11.1 Å². The number of nitrogens with zero attached hydrogens (tertiary/aromatic N) is 1. The quantitative estimate of drug-likeness (QED) is 0.657. The van der Waals surface area contributed by atoms with Crippen molar-refractivity contribution >= 4 is 34.2 Å². The minimum Gasteiger partial charge on any atom is -0.368 e. The number of primary amides is 1. The second kappa shape index (κ2) is 7.97. The van der Waals surface area contributed by atoms with Crippen LogP contribution in [-0.2, 0) is 22.4 Å². The van der Waals surface area contributed by atoms with E-state index in [1.54, 1.807) is 18.3 Å². The van der Waals surface area contributed by atoms with Crippen molar-refractivity contribution in [1.29, 1.82) is 0 Å². The lowest BCUT2D eigenvalue weighted by molar-refractivity contribution is -0.127. The largest absolute Gasteiger partial charge is 0.368 e. The van der Waals surface area contributed by atoms with Crippen LogP contribution in [0.3, 0.4) is 0 Å². The Hall–Kier alpha value is -2.92. The van der Waals surface area contributed by atoms with Crippen molar-refractivity contribution < 1.29 is 9.59 Å². The van der Waals surface area contributed by atoms with E-state index in [1.807, 2.05) is 42.5 Å². The number of carbonyl (C=O) groups is 2. The van der Waals surface area contributed by atoms with Gasteiger partial charge in [0.15, 0.2) is 0 Å². The number of aromatic nitrogens is 1. The van der Waals surface area contributed by atoms with Gasteiger partial charge in [0, 0.05) is 12.6 Å². The van der Waals surface area contributed by atoms with Crippen LogP contribution < -0.4 is 11.1 Å². The first kappa shape index (κ1) is 17.9. The van der Waals surface area contributed by atoms with Crippen LogP contribution in [0, 0.1) is 0 Å².